The van der Waals surface area contributed by atoms with Crippen LogP contribution in [0.3, 0.4) is 0 Å². The highest BCUT2D eigenvalue weighted by Crippen LogP contribution is 2.19. The Labute approximate surface area is 169 Å². The summed E-state index contributed by atoms with van der Waals surface area (Å²) in [6.45, 7) is 5.21. The summed E-state index contributed by atoms with van der Waals surface area (Å²) >= 11 is 0. The Morgan fingerprint density at radius 2 is 1.72 bits per heavy atom. The van der Waals surface area contributed by atoms with Gasteiger partial charge < -0.3 is 9.15 Å². The van der Waals surface area contributed by atoms with E-state index in [4.69, 9.17) is 9.15 Å². The van der Waals surface area contributed by atoms with E-state index in [9.17, 15) is 13.2 Å². The SMILES string of the molecule is CC(C)(C)NS(=O)(=O)c1ccc(C(=O)OCc2coc(-c3ccccc3)n2)cc1. The highest BCUT2D eigenvalue weighted by atomic mass is 32.2. The topological polar surface area (TPSA) is 98.5 Å². The molecule has 0 unspecified atom stereocenters. The van der Waals surface area contributed by atoms with Crippen LogP contribution in [0.15, 0.2) is 70.2 Å². The van der Waals surface area contributed by atoms with Crippen LogP contribution < -0.4 is 4.72 Å². The number of sulfonamides is 1. The van der Waals surface area contributed by atoms with Crippen molar-refractivity contribution in [2.24, 2.45) is 0 Å². The summed E-state index contributed by atoms with van der Waals surface area (Å²) in [4.78, 5) is 16.6. The monoisotopic (exact) mass is 414 g/mol. The molecule has 0 amide bonds. The number of aromatic nitrogens is 1. The molecule has 1 heterocycles. The van der Waals surface area contributed by atoms with Crippen LogP contribution >= 0.6 is 0 Å². The van der Waals surface area contributed by atoms with Crippen LogP contribution in [0.5, 0.6) is 0 Å². The second-order valence-electron chi connectivity index (χ2n) is 7.47. The Bertz CT molecular complexity index is 1080. The second kappa shape index (κ2) is 8.18. The molecule has 152 valence electrons. The molecule has 0 saturated heterocycles. The largest absolute Gasteiger partial charge is 0.455 e. The minimum absolute atomic E-state index is 0.0548. The molecule has 29 heavy (non-hydrogen) atoms. The van der Waals surface area contributed by atoms with Crippen LogP contribution in [0.4, 0.5) is 0 Å². The Balaban J connectivity index is 1.62. The van der Waals surface area contributed by atoms with Crippen molar-refractivity contribution in [3.05, 3.63) is 72.1 Å². The fraction of sp³-hybridized carbons (Fsp3) is 0.238. The van der Waals surface area contributed by atoms with Gasteiger partial charge in [0.25, 0.3) is 0 Å². The van der Waals surface area contributed by atoms with Gasteiger partial charge in [0, 0.05) is 11.1 Å². The predicted molar refractivity (Wildman–Crippen MR) is 108 cm³/mol. The number of nitrogens with one attached hydrogen (secondary N) is 1. The molecule has 0 aliphatic rings. The molecule has 0 radical (unpaired) electrons. The number of oxazole rings is 1. The van der Waals surface area contributed by atoms with Gasteiger partial charge in [-0.3, -0.25) is 0 Å². The van der Waals surface area contributed by atoms with Crippen molar-refractivity contribution >= 4 is 16.0 Å². The third-order valence-electron chi connectivity index (χ3n) is 3.76. The number of nitrogens with zero attached hydrogens (tertiary/aromatic N) is 1. The molecule has 1 aromatic heterocycles. The van der Waals surface area contributed by atoms with Crippen molar-refractivity contribution in [1.29, 1.82) is 0 Å². The second-order valence-corrected chi connectivity index (χ2v) is 9.15. The molecule has 0 aliphatic carbocycles. The first kappa shape index (κ1) is 20.8. The molecule has 3 rings (SSSR count). The zero-order chi connectivity index (χ0) is 21.1. The predicted octanol–water partition coefficient (Wildman–Crippen LogP) is 3.78. The maximum atomic E-state index is 12.3. The molecule has 0 spiro atoms. The summed E-state index contributed by atoms with van der Waals surface area (Å²) in [7, 11) is -3.66. The third-order valence-corrected chi connectivity index (χ3v) is 5.54. The number of ether oxygens (including phenoxy) is 1. The van der Waals surface area contributed by atoms with E-state index in [2.05, 4.69) is 9.71 Å². The van der Waals surface area contributed by atoms with Crippen molar-refractivity contribution in [3.8, 4) is 11.5 Å². The molecular formula is C21H22N2O5S. The van der Waals surface area contributed by atoms with Gasteiger partial charge in [0.05, 0.1) is 10.5 Å². The lowest BCUT2D eigenvalue weighted by Gasteiger charge is -2.20. The summed E-state index contributed by atoms with van der Waals surface area (Å²) < 4.78 is 37.8. The summed E-state index contributed by atoms with van der Waals surface area (Å²) in [5, 5.41) is 0. The van der Waals surface area contributed by atoms with E-state index in [-0.39, 0.29) is 17.1 Å². The molecule has 0 bridgehead atoms. The van der Waals surface area contributed by atoms with Gasteiger partial charge in [-0.2, -0.15) is 0 Å². The van der Waals surface area contributed by atoms with Gasteiger partial charge in [0.2, 0.25) is 15.9 Å². The molecule has 0 atom stereocenters. The lowest BCUT2D eigenvalue weighted by molar-refractivity contribution is 0.0467. The number of hydrogen-bond donors (Lipinski definition) is 1. The summed E-state index contributed by atoms with van der Waals surface area (Å²) in [5.41, 5.74) is 0.940. The summed E-state index contributed by atoms with van der Waals surface area (Å²) in [6, 6.07) is 14.9. The van der Waals surface area contributed by atoms with Crippen LogP contribution in [0.1, 0.15) is 36.8 Å². The number of hydrogen-bond acceptors (Lipinski definition) is 6. The minimum Gasteiger partial charge on any atom is -0.455 e. The van der Waals surface area contributed by atoms with Gasteiger partial charge in [0.1, 0.15) is 18.6 Å². The van der Waals surface area contributed by atoms with Gasteiger partial charge >= 0.3 is 5.97 Å². The van der Waals surface area contributed by atoms with E-state index < -0.39 is 21.5 Å². The van der Waals surface area contributed by atoms with E-state index in [1.807, 2.05) is 30.3 Å². The zero-order valence-corrected chi connectivity index (χ0v) is 17.2. The highest BCUT2D eigenvalue weighted by molar-refractivity contribution is 7.89. The fourth-order valence-electron chi connectivity index (χ4n) is 2.54. The zero-order valence-electron chi connectivity index (χ0n) is 16.4. The van der Waals surface area contributed by atoms with Crippen LogP contribution in [0.2, 0.25) is 0 Å². The molecule has 3 aromatic rings. The number of benzene rings is 2. The van der Waals surface area contributed by atoms with E-state index in [1.54, 1.807) is 20.8 Å². The Morgan fingerprint density at radius 1 is 1.07 bits per heavy atom. The normalized spacial score (nSPS) is 12.0. The van der Waals surface area contributed by atoms with Crippen molar-refractivity contribution in [1.82, 2.24) is 9.71 Å². The minimum atomic E-state index is -3.66. The van der Waals surface area contributed by atoms with Crippen LogP contribution in [-0.2, 0) is 21.4 Å². The molecule has 0 aliphatic heterocycles. The Kier molecular flexibility index (Phi) is 5.86. The quantitative estimate of drug-likeness (QED) is 0.617. The molecule has 8 heteroatoms. The van der Waals surface area contributed by atoms with Crippen molar-refractivity contribution in [3.63, 3.8) is 0 Å². The molecular weight excluding hydrogens is 392 g/mol. The third kappa shape index (κ3) is 5.52. The first-order valence-corrected chi connectivity index (χ1v) is 10.4. The molecule has 1 N–H and O–H groups in total. The standard InChI is InChI=1S/C21H22N2O5S/c1-21(2,3)23-29(25,26)18-11-9-16(10-12-18)20(24)28-14-17-13-27-19(22-17)15-7-5-4-6-8-15/h4-13,23H,14H2,1-3H3. The van der Waals surface area contributed by atoms with E-state index in [0.29, 0.717) is 11.6 Å². The molecule has 7 nitrogen and oxygen atoms in total. The van der Waals surface area contributed by atoms with Crippen LogP contribution in [0, 0.1) is 0 Å². The van der Waals surface area contributed by atoms with E-state index in [1.165, 1.54) is 30.5 Å². The molecule has 0 fully saturated rings. The van der Waals surface area contributed by atoms with E-state index in [0.717, 1.165) is 5.56 Å². The van der Waals surface area contributed by atoms with E-state index >= 15 is 0 Å². The van der Waals surface area contributed by atoms with Gasteiger partial charge in [0.15, 0.2) is 0 Å². The van der Waals surface area contributed by atoms with Gasteiger partial charge in [-0.1, -0.05) is 18.2 Å². The van der Waals surface area contributed by atoms with Gasteiger partial charge in [-0.05, 0) is 57.2 Å². The van der Waals surface area contributed by atoms with Crippen LogP contribution in [0.25, 0.3) is 11.5 Å². The summed E-state index contributed by atoms with van der Waals surface area (Å²) in [6.07, 6.45) is 1.43. The Morgan fingerprint density at radius 3 is 2.34 bits per heavy atom. The number of carbonyl (C=O) groups is 1. The average molecular weight is 414 g/mol. The summed E-state index contributed by atoms with van der Waals surface area (Å²) in [5.74, 6) is -0.139. The number of carbonyl (C=O) groups excluding carboxylic acids is 1. The first-order chi connectivity index (χ1) is 13.6. The number of rotatable bonds is 6. The Hall–Kier alpha value is -2.97. The van der Waals surface area contributed by atoms with Gasteiger partial charge in [-0.15, -0.1) is 0 Å². The van der Waals surface area contributed by atoms with Crippen molar-refractivity contribution in [2.45, 2.75) is 37.8 Å². The van der Waals surface area contributed by atoms with Crippen LogP contribution in [-0.4, -0.2) is 24.9 Å². The average Bonchev–Trinajstić information content (AvgIpc) is 3.14. The smallest absolute Gasteiger partial charge is 0.338 e. The van der Waals surface area contributed by atoms with Crippen molar-refractivity contribution < 1.29 is 22.4 Å². The van der Waals surface area contributed by atoms with Gasteiger partial charge in [-0.25, -0.2) is 22.9 Å². The maximum Gasteiger partial charge on any atom is 0.338 e. The maximum absolute atomic E-state index is 12.3. The number of esters is 1. The molecule has 0 saturated carbocycles. The lowest BCUT2D eigenvalue weighted by Crippen LogP contribution is -2.40. The van der Waals surface area contributed by atoms with Crippen molar-refractivity contribution in [2.75, 3.05) is 0 Å². The fourth-order valence-corrected chi connectivity index (χ4v) is 3.96. The first-order valence-electron chi connectivity index (χ1n) is 8.95. The lowest BCUT2D eigenvalue weighted by atomic mass is 10.1. The molecule has 2 aromatic carbocycles. The highest BCUT2D eigenvalue weighted by Gasteiger charge is 2.22.